The number of aromatic nitrogens is 3. The molecule has 1 aliphatic carbocycles. The van der Waals surface area contributed by atoms with Crippen LogP contribution in [0.3, 0.4) is 0 Å². The molecule has 0 radical (unpaired) electrons. The van der Waals surface area contributed by atoms with Gasteiger partial charge in [-0.2, -0.15) is 0 Å². The summed E-state index contributed by atoms with van der Waals surface area (Å²) in [6.07, 6.45) is 1.61. The van der Waals surface area contributed by atoms with Gasteiger partial charge in [0.05, 0.1) is 24.3 Å². The van der Waals surface area contributed by atoms with Crippen LogP contribution in [0, 0.1) is 18.7 Å². The van der Waals surface area contributed by atoms with Gasteiger partial charge in [0, 0.05) is 19.0 Å². The Bertz CT molecular complexity index is 1920. The molecule has 1 atom stereocenters. The molecule has 0 aliphatic heterocycles. The second kappa shape index (κ2) is 13.1. The Hall–Kier alpha value is -4.67. The van der Waals surface area contributed by atoms with Gasteiger partial charge in [0.2, 0.25) is 11.8 Å². The van der Waals surface area contributed by atoms with E-state index in [0.29, 0.717) is 21.9 Å². The zero-order chi connectivity index (χ0) is 32.4. The molecule has 5 N–H and O–H groups in total. The average Bonchev–Trinajstić information content (AvgIpc) is 3.74. The summed E-state index contributed by atoms with van der Waals surface area (Å²) in [4.78, 5) is 55.4. The normalized spacial score (nSPS) is 13.3. The van der Waals surface area contributed by atoms with Crippen molar-refractivity contribution in [3.05, 3.63) is 92.0 Å². The number of nitrogen functional groups attached to an aromatic ring is 1. The minimum absolute atomic E-state index is 0.134. The number of nitrogens with one attached hydrogen (secondary N) is 2. The van der Waals surface area contributed by atoms with Crippen molar-refractivity contribution in [2.45, 2.75) is 46.2 Å². The van der Waals surface area contributed by atoms with Crippen molar-refractivity contribution < 1.29 is 22.7 Å². The second-order valence-corrected chi connectivity index (χ2v) is 12.4. The number of anilines is 5. The van der Waals surface area contributed by atoms with E-state index in [1.165, 1.54) is 29.7 Å². The quantitative estimate of drug-likeness (QED) is 0.177. The van der Waals surface area contributed by atoms with Gasteiger partial charge in [0.1, 0.15) is 22.3 Å². The maximum Gasteiger partial charge on any atom is 0.332 e. The van der Waals surface area contributed by atoms with Gasteiger partial charge in [0.25, 0.3) is 16.8 Å². The lowest BCUT2D eigenvalue weighted by atomic mass is 10.1. The van der Waals surface area contributed by atoms with Crippen LogP contribution in [0.15, 0.2) is 58.1 Å². The highest BCUT2D eigenvalue weighted by molar-refractivity contribution is 7.81. The predicted molar refractivity (Wildman–Crippen MR) is 170 cm³/mol. The molecule has 0 spiro atoms. The van der Waals surface area contributed by atoms with Gasteiger partial charge in [-0.05, 0) is 49.4 Å². The standard InChI is InChI=1S/C29H30FN7O6S2/c1-16-27(44-28(32-16)33-17(2)38)37(45(42)43)21-11-9-18(10-12-21)13-23(39)34-24-25(31)35(14-19-7-8-19)29(41)36(26(24)40)15-20-5-3-4-6-22(20)30/h3-6,9-12,19H,7-8,13-15,31H2,1-2H3,(H,34,39)(H,42,43)(H,32,33,38). The molecular formula is C29H30FN7O6S2. The molecule has 4 aromatic rings. The largest absolute Gasteiger partial charge is 0.383 e. The summed E-state index contributed by atoms with van der Waals surface area (Å²) < 4.78 is 40.0. The van der Waals surface area contributed by atoms with Crippen molar-refractivity contribution in [1.29, 1.82) is 0 Å². The molecule has 2 amide bonds. The highest BCUT2D eigenvalue weighted by Crippen LogP contribution is 2.37. The number of halogens is 1. The lowest BCUT2D eigenvalue weighted by Gasteiger charge is -2.19. The fourth-order valence-electron chi connectivity index (χ4n) is 4.68. The number of thiazole rings is 1. The van der Waals surface area contributed by atoms with E-state index in [1.807, 2.05) is 0 Å². The number of nitrogens with zero attached hydrogens (tertiary/aromatic N) is 4. The van der Waals surface area contributed by atoms with E-state index >= 15 is 0 Å². The van der Waals surface area contributed by atoms with Crippen molar-refractivity contribution in [3.63, 3.8) is 0 Å². The number of carbonyl (C=O) groups excluding carboxylic acids is 2. The number of rotatable bonds is 11. The second-order valence-electron chi connectivity index (χ2n) is 10.6. The molecule has 1 fully saturated rings. The molecule has 5 rings (SSSR count). The third-order valence-corrected chi connectivity index (χ3v) is 8.97. The Labute approximate surface area is 262 Å². The van der Waals surface area contributed by atoms with Gasteiger partial charge in [-0.15, -0.1) is 0 Å². The molecular weight excluding hydrogens is 625 g/mol. The van der Waals surface area contributed by atoms with Crippen molar-refractivity contribution in [1.82, 2.24) is 14.1 Å². The maximum atomic E-state index is 14.4. The summed E-state index contributed by atoms with van der Waals surface area (Å²) in [5.74, 6) is -1.47. The first kappa shape index (κ1) is 31.7. The molecule has 2 aromatic heterocycles. The number of benzene rings is 2. The number of carbonyl (C=O) groups is 2. The van der Waals surface area contributed by atoms with Crippen LogP contribution in [-0.4, -0.2) is 34.7 Å². The zero-order valence-electron chi connectivity index (χ0n) is 24.3. The van der Waals surface area contributed by atoms with Crippen LogP contribution < -0.4 is 31.9 Å². The molecule has 0 saturated heterocycles. The molecule has 2 heterocycles. The number of hydrogen-bond donors (Lipinski definition) is 4. The Morgan fingerprint density at radius 3 is 2.44 bits per heavy atom. The van der Waals surface area contributed by atoms with Crippen LogP contribution in [-0.2, 0) is 40.4 Å². The molecule has 1 aliphatic rings. The number of amides is 2. The summed E-state index contributed by atoms with van der Waals surface area (Å²) in [7, 11) is 0. The summed E-state index contributed by atoms with van der Waals surface area (Å²) in [5, 5.41) is 5.71. The number of hydrogen-bond acceptors (Lipinski definition) is 8. The SMILES string of the molecule is CC(=O)Nc1nc(C)c(N(c2ccc(CC(=O)Nc3c(N)n(CC4CC4)c(=O)n(Cc4ccccc4F)c3=O)cc2)S(=O)O)s1. The van der Waals surface area contributed by atoms with Crippen molar-refractivity contribution in [3.8, 4) is 0 Å². The first-order chi connectivity index (χ1) is 21.4. The van der Waals surface area contributed by atoms with Crippen LogP contribution >= 0.6 is 11.3 Å². The fraction of sp³-hybridized carbons (Fsp3) is 0.276. The molecule has 16 heteroatoms. The first-order valence-corrected chi connectivity index (χ1v) is 15.7. The van der Waals surface area contributed by atoms with E-state index in [1.54, 1.807) is 37.3 Å². The van der Waals surface area contributed by atoms with Gasteiger partial charge in [-0.25, -0.2) is 22.7 Å². The number of aryl methyl sites for hydroxylation is 1. The molecule has 1 saturated carbocycles. The minimum atomic E-state index is -2.48. The molecule has 236 valence electrons. The lowest BCUT2D eigenvalue weighted by Crippen LogP contribution is -2.43. The van der Waals surface area contributed by atoms with E-state index in [0.717, 1.165) is 33.1 Å². The monoisotopic (exact) mass is 655 g/mol. The Morgan fingerprint density at radius 2 is 1.82 bits per heavy atom. The van der Waals surface area contributed by atoms with Gasteiger partial charge >= 0.3 is 5.69 Å². The van der Waals surface area contributed by atoms with Gasteiger partial charge < -0.3 is 16.4 Å². The summed E-state index contributed by atoms with van der Waals surface area (Å²) in [5.41, 5.74) is 5.84. The molecule has 2 aromatic carbocycles. The van der Waals surface area contributed by atoms with Crippen LogP contribution in [0.5, 0.6) is 0 Å². The first-order valence-electron chi connectivity index (χ1n) is 13.8. The maximum absolute atomic E-state index is 14.4. The molecule has 13 nitrogen and oxygen atoms in total. The predicted octanol–water partition coefficient (Wildman–Crippen LogP) is 3.37. The van der Waals surface area contributed by atoms with E-state index in [-0.39, 0.29) is 53.5 Å². The Morgan fingerprint density at radius 1 is 1.13 bits per heavy atom. The third-order valence-electron chi connectivity index (χ3n) is 7.09. The summed E-state index contributed by atoms with van der Waals surface area (Å²) in [6.45, 7) is 2.89. The third kappa shape index (κ3) is 7.19. The summed E-state index contributed by atoms with van der Waals surface area (Å²) >= 11 is -1.45. The summed E-state index contributed by atoms with van der Waals surface area (Å²) in [6, 6.07) is 12.0. The highest BCUT2D eigenvalue weighted by atomic mass is 32.2. The number of nitrogens with two attached hydrogens (primary N) is 1. The van der Waals surface area contributed by atoms with Crippen LogP contribution in [0.1, 0.15) is 36.6 Å². The van der Waals surface area contributed by atoms with Crippen molar-refractivity contribution >= 4 is 61.7 Å². The van der Waals surface area contributed by atoms with Crippen molar-refractivity contribution in [2.75, 3.05) is 20.7 Å². The molecule has 45 heavy (non-hydrogen) atoms. The van der Waals surface area contributed by atoms with E-state index in [2.05, 4.69) is 15.6 Å². The van der Waals surface area contributed by atoms with Gasteiger partial charge in [-0.1, -0.05) is 41.7 Å². The van der Waals surface area contributed by atoms with Crippen LogP contribution in [0.4, 0.5) is 31.7 Å². The Kier molecular flexibility index (Phi) is 9.27. The van der Waals surface area contributed by atoms with E-state index in [4.69, 9.17) is 5.73 Å². The van der Waals surface area contributed by atoms with Crippen LogP contribution in [0.25, 0.3) is 0 Å². The zero-order valence-corrected chi connectivity index (χ0v) is 25.9. The molecule has 1 unspecified atom stereocenters. The smallest absolute Gasteiger partial charge is 0.332 e. The highest BCUT2D eigenvalue weighted by Gasteiger charge is 2.27. The lowest BCUT2D eigenvalue weighted by molar-refractivity contribution is -0.116. The Balaban J connectivity index is 1.38. The minimum Gasteiger partial charge on any atom is -0.383 e. The van der Waals surface area contributed by atoms with E-state index < -0.39 is 34.2 Å². The average molecular weight is 656 g/mol. The topological polar surface area (TPSA) is 182 Å². The van der Waals surface area contributed by atoms with Crippen LogP contribution in [0.2, 0.25) is 0 Å². The van der Waals surface area contributed by atoms with Gasteiger partial charge in [0.15, 0.2) is 5.13 Å². The van der Waals surface area contributed by atoms with Gasteiger partial charge in [-0.3, -0.25) is 28.1 Å². The van der Waals surface area contributed by atoms with E-state index in [9.17, 15) is 32.3 Å². The fourth-order valence-corrected chi connectivity index (χ4v) is 6.50. The van der Waals surface area contributed by atoms with Crippen molar-refractivity contribution in [2.24, 2.45) is 5.92 Å². The molecule has 0 bridgehead atoms.